The van der Waals surface area contributed by atoms with Gasteiger partial charge in [0.1, 0.15) is 5.65 Å². The summed E-state index contributed by atoms with van der Waals surface area (Å²) >= 11 is 0. The summed E-state index contributed by atoms with van der Waals surface area (Å²) < 4.78 is 6.01. The van der Waals surface area contributed by atoms with Crippen molar-refractivity contribution in [2.45, 2.75) is 19.9 Å². The van der Waals surface area contributed by atoms with E-state index in [9.17, 15) is 9.59 Å². The van der Waals surface area contributed by atoms with E-state index in [2.05, 4.69) is 9.97 Å². The molecule has 7 nitrogen and oxygen atoms in total. The molecule has 0 radical (unpaired) electrons. The number of aromatic nitrogens is 3. The van der Waals surface area contributed by atoms with E-state index in [0.717, 1.165) is 6.42 Å². The summed E-state index contributed by atoms with van der Waals surface area (Å²) in [7, 11) is 0. The SMILES string of the molecule is CCCn1c(=O)oc2c(=O)[nH]c([NH-])nc21.[Li+]. The molecule has 0 amide bonds. The van der Waals surface area contributed by atoms with Crippen molar-refractivity contribution in [2.24, 2.45) is 0 Å². The Morgan fingerprint density at radius 1 is 1.50 bits per heavy atom. The molecule has 0 saturated carbocycles. The van der Waals surface area contributed by atoms with E-state index in [1.807, 2.05) is 6.92 Å². The Balaban J connectivity index is 0.00000128. The molecule has 2 rings (SSSR count). The Morgan fingerprint density at radius 2 is 2.19 bits per heavy atom. The summed E-state index contributed by atoms with van der Waals surface area (Å²) in [5, 5.41) is 0. The van der Waals surface area contributed by atoms with Gasteiger partial charge >= 0.3 is 24.6 Å². The van der Waals surface area contributed by atoms with Crippen LogP contribution in [0.3, 0.4) is 0 Å². The summed E-state index contributed by atoms with van der Waals surface area (Å²) in [4.78, 5) is 28.5. The second-order valence-electron chi connectivity index (χ2n) is 3.09. The molecule has 0 aliphatic rings. The van der Waals surface area contributed by atoms with E-state index in [0.29, 0.717) is 6.54 Å². The summed E-state index contributed by atoms with van der Waals surface area (Å²) in [6, 6.07) is 0. The van der Waals surface area contributed by atoms with Crippen molar-refractivity contribution < 1.29 is 23.3 Å². The largest absolute Gasteiger partial charge is 1.00 e. The summed E-state index contributed by atoms with van der Waals surface area (Å²) in [6.07, 6.45) is 0.719. The van der Waals surface area contributed by atoms with Crippen LogP contribution in [-0.2, 0) is 6.54 Å². The van der Waals surface area contributed by atoms with Crippen LogP contribution in [0.1, 0.15) is 13.3 Å². The number of hydrogen-bond acceptors (Lipinski definition) is 4. The van der Waals surface area contributed by atoms with E-state index >= 15 is 0 Å². The number of oxazole rings is 1. The van der Waals surface area contributed by atoms with Crippen LogP contribution in [-0.4, -0.2) is 14.5 Å². The second kappa shape index (κ2) is 4.59. The molecule has 80 valence electrons. The van der Waals surface area contributed by atoms with E-state index in [1.54, 1.807) is 0 Å². The maximum Gasteiger partial charge on any atom is 1.00 e. The normalized spacial score (nSPS) is 10.3. The topological polar surface area (TPSA) is 105 Å². The van der Waals surface area contributed by atoms with Crippen molar-refractivity contribution >= 4 is 17.2 Å². The van der Waals surface area contributed by atoms with Gasteiger partial charge in [-0.1, -0.05) is 6.92 Å². The van der Waals surface area contributed by atoms with Crippen LogP contribution in [0, 0.1) is 0 Å². The Kier molecular flexibility index (Phi) is 3.62. The molecule has 8 heteroatoms. The van der Waals surface area contributed by atoms with Gasteiger partial charge < -0.3 is 20.1 Å². The molecule has 2 heterocycles. The van der Waals surface area contributed by atoms with Crippen molar-refractivity contribution in [1.82, 2.24) is 14.5 Å². The molecule has 0 bridgehead atoms. The average Bonchev–Trinajstić information content (AvgIpc) is 2.46. The number of hydrogen-bond donors (Lipinski definition) is 1. The monoisotopic (exact) mass is 216 g/mol. The zero-order valence-electron chi connectivity index (χ0n) is 9.03. The molecule has 0 aliphatic carbocycles. The van der Waals surface area contributed by atoms with Gasteiger partial charge in [-0.15, -0.1) is 0 Å². The van der Waals surface area contributed by atoms with Crippen molar-refractivity contribution in [3.8, 4) is 0 Å². The number of fused-ring (bicyclic) bond motifs is 1. The minimum Gasteiger partial charge on any atom is -0.411 e. The molecule has 0 atom stereocenters. The van der Waals surface area contributed by atoms with Gasteiger partial charge in [-0.05, 0) is 6.42 Å². The zero-order chi connectivity index (χ0) is 11.0. The van der Waals surface area contributed by atoms with Crippen LogP contribution in [0.2, 0.25) is 0 Å². The number of nitrogens with one attached hydrogen (secondary N) is 2. The number of nitrogens with zero attached hydrogens (tertiary/aromatic N) is 2. The first kappa shape index (κ1) is 12.6. The van der Waals surface area contributed by atoms with Gasteiger partial charge in [-0.25, -0.2) is 4.79 Å². The average molecular weight is 216 g/mol. The first-order chi connectivity index (χ1) is 7.13. The minimum absolute atomic E-state index is 0. The Labute approximate surface area is 102 Å². The number of rotatable bonds is 2. The predicted molar refractivity (Wildman–Crippen MR) is 53.2 cm³/mol. The molecule has 0 aliphatic heterocycles. The molecule has 0 unspecified atom stereocenters. The van der Waals surface area contributed by atoms with E-state index in [-0.39, 0.29) is 36.0 Å². The van der Waals surface area contributed by atoms with E-state index < -0.39 is 11.3 Å². The second-order valence-corrected chi connectivity index (χ2v) is 3.09. The molecular formula is C8H9LiN4O3. The smallest absolute Gasteiger partial charge is 0.411 e. The number of aromatic amines is 1. The molecule has 0 fully saturated rings. The molecule has 2 aromatic heterocycles. The van der Waals surface area contributed by atoms with Gasteiger partial charge in [-0.3, -0.25) is 9.36 Å². The Bertz CT molecular complexity index is 612. The summed E-state index contributed by atoms with van der Waals surface area (Å²) in [5.74, 6) is -0.895. The zero-order valence-corrected chi connectivity index (χ0v) is 9.03. The maximum atomic E-state index is 11.3. The predicted octanol–water partition coefficient (Wildman–Crippen LogP) is -2.22. The maximum absolute atomic E-state index is 11.3. The molecule has 16 heavy (non-hydrogen) atoms. The fraction of sp³-hybridized carbons (Fsp3) is 0.375. The molecular weight excluding hydrogens is 207 g/mol. The third-order valence-corrected chi connectivity index (χ3v) is 1.97. The van der Waals surface area contributed by atoms with Gasteiger partial charge in [0.2, 0.25) is 11.1 Å². The number of H-pyrrole nitrogens is 1. The quantitative estimate of drug-likeness (QED) is 0.573. The van der Waals surface area contributed by atoms with Crippen LogP contribution in [0.15, 0.2) is 14.0 Å². The van der Waals surface area contributed by atoms with Crippen molar-refractivity contribution in [3.63, 3.8) is 0 Å². The van der Waals surface area contributed by atoms with E-state index in [4.69, 9.17) is 10.2 Å². The fourth-order valence-corrected chi connectivity index (χ4v) is 1.38. The van der Waals surface area contributed by atoms with Crippen molar-refractivity contribution in [1.29, 1.82) is 0 Å². The molecule has 0 aromatic carbocycles. The number of aryl methyl sites for hydroxylation is 1. The van der Waals surface area contributed by atoms with Gasteiger partial charge in [0.25, 0.3) is 0 Å². The third-order valence-electron chi connectivity index (χ3n) is 1.97. The van der Waals surface area contributed by atoms with Crippen LogP contribution in [0.25, 0.3) is 17.0 Å². The molecule has 0 saturated heterocycles. The Hall–Kier alpha value is -1.45. The van der Waals surface area contributed by atoms with Crippen LogP contribution in [0.5, 0.6) is 0 Å². The third kappa shape index (κ3) is 1.92. The van der Waals surface area contributed by atoms with Crippen LogP contribution < -0.4 is 30.2 Å². The molecule has 0 spiro atoms. The first-order valence-electron chi connectivity index (χ1n) is 4.48. The Morgan fingerprint density at radius 3 is 2.81 bits per heavy atom. The summed E-state index contributed by atoms with van der Waals surface area (Å²) in [6.45, 7) is 2.31. The van der Waals surface area contributed by atoms with Crippen LogP contribution >= 0.6 is 0 Å². The standard InChI is InChI=1S/C8H10N4O3.Li/c1-2-3-12-5-4(15-8(12)14)6(13)11-7(9)10-5;/h2-3H2,1H3,(H3,9,10,11,13);/q;+1/p-1. The van der Waals surface area contributed by atoms with Crippen LogP contribution in [0.4, 0.5) is 5.95 Å². The van der Waals surface area contributed by atoms with Gasteiger partial charge in [0.05, 0.1) is 0 Å². The van der Waals surface area contributed by atoms with Gasteiger partial charge in [0, 0.05) is 12.5 Å². The minimum atomic E-state index is -0.615. The van der Waals surface area contributed by atoms with Gasteiger partial charge in [0.15, 0.2) is 0 Å². The molecule has 2 aromatic rings. The first-order valence-corrected chi connectivity index (χ1v) is 4.48. The van der Waals surface area contributed by atoms with E-state index in [1.165, 1.54) is 4.57 Å². The fourth-order valence-electron chi connectivity index (χ4n) is 1.38. The molecule has 2 N–H and O–H groups in total. The summed E-state index contributed by atoms with van der Waals surface area (Å²) in [5.41, 5.74) is 6.65. The van der Waals surface area contributed by atoms with Gasteiger partial charge in [-0.2, -0.15) is 0 Å². The van der Waals surface area contributed by atoms with Crippen molar-refractivity contribution in [2.75, 3.05) is 0 Å². The van der Waals surface area contributed by atoms with Crippen molar-refractivity contribution in [3.05, 3.63) is 26.6 Å².